The van der Waals surface area contributed by atoms with Crippen molar-refractivity contribution in [2.75, 3.05) is 44.7 Å². The fourth-order valence-electron chi connectivity index (χ4n) is 4.09. The maximum Gasteiger partial charge on any atom is 0.313 e. The number of fused-ring (bicyclic) bond motifs is 2. The zero-order valence-electron chi connectivity index (χ0n) is 17.7. The summed E-state index contributed by atoms with van der Waals surface area (Å²) in [7, 11) is 0. The highest BCUT2D eigenvalue weighted by atomic mass is 16.5. The summed E-state index contributed by atoms with van der Waals surface area (Å²) in [6.07, 6.45) is 4.65. The number of nitrogens with one attached hydrogen (secondary N) is 2. The highest BCUT2D eigenvalue weighted by Crippen LogP contribution is 2.18. The van der Waals surface area contributed by atoms with Crippen molar-refractivity contribution < 1.29 is 14.3 Å². The average molecular weight is 428 g/mol. The Labute approximate surface area is 180 Å². The molecule has 0 saturated carbocycles. The second kappa shape index (κ2) is 10.0. The monoisotopic (exact) mass is 427 g/mol. The number of nitrogens with zero attached hydrogens (tertiary/aromatic N) is 3. The first-order valence-corrected chi connectivity index (χ1v) is 11.0. The molecule has 0 aliphatic carbocycles. The van der Waals surface area contributed by atoms with E-state index >= 15 is 0 Å². The third kappa shape index (κ3) is 5.29. The lowest BCUT2D eigenvalue weighted by Gasteiger charge is -2.26. The van der Waals surface area contributed by atoms with Crippen molar-refractivity contribution in [1.82, 2.24) is 19.8 Å². The van der Waals surface area contributed by atoms with Crippen molar-refractivity contribution in [2.45, 2.75) is 38.6 Å². The van der Waals surface area contributed by atoms with Gasteiger partial charge in [-0.1, -0.05) is 6.42 Å². The Bertz CT molecular complexity index is 1010. The van der Waals surface area contributed by atoms with E-state index in [2.05, 4.69) is 20.5 Å². The topological polar surface area (TPSA) is 106 Å². The number of aromatic nitrogens is 2. The van der Waals surface area contributed by atoms with Crippen LogP contribution < -0.4 is 16.2 Å². The lowest BCUT2D eigenvalue weighted by molar-refractivity contribution is -0.136. The predicted octanol–water partition coefficient (Wildman–Crippen LogP) is 0.900. The number of rotatable bonds is 5. The van der Waals surface area contributed by atoms with Gasteiger partial charge in [-0.15, -0.1) is 0 Å². The average Bonchev–Trinajstić information content (AvgIpc) is 3.03. The number of carbonyl (C=O) groups excluding carboxylic acids is 2. The van der Waals surface area contributed by atoms with Gasteiger partial charge in [0.2, 0.25) is 0 Å². The third-order valence-electron chi connectivity index (χ3n) is 5.82. The van der Waals surface area contributed by atoms with Gasteiger partial charge in [-0.25, -0.2) is 4.98 Å². The normalized spacial score (nSPS) is 17.0. The number of hydrogen-bond acceptors (Lipinski definition) is 6. The molecule has 4 rings (SSSR count). The number of aryl methyl sites for hydroxylation is 1. The van der Waals surface area contributed by atoms with Gasteiger partial charge in [0, 0.05) is 38.3 Å². The molecule has 0 radical (unpaired) electrons. The van der Waals surface area contributed by atoms with Crippen LogP contribution in [0.3, 0.4) is 0 Å². The first-order valence-electron chi connectivity index (χ1n) is 11.0. The first-order chi connectivity index (χ1) is 15.1. The molecule has 2 amide bonds. The molecule has 0 unspecified atom stereocenters. The molecular weight excluding hydrogens is 398 g/mol. The van der Waals surface area contributed by atoms with Crippen molar-refractivity contribution in [2.24, 2.45) is 0 Å². The Morgan fingerprint density at radius 2 is 1.90 bits per heavy atom. The van der Waals surface area contributed by atoms with Crippen LogP contribution in [-0.4, -0.2) is 65.7 Å². The Morgan fingerprint density at radius 1 is 1.06 bits per heavy atom. The van der Waals surface area contributed by atoms with E-state index in [9.17, 15) is 14.4 Å². The van der Waals surface area contributed by atoms with Crippen molar-refractivity contribution in [3.63, 3.8) is 0 Å². The summed E-state index contributed by atoms with van der Waals surface area (Å²) in [5, 5.41) is 5.69. The fraction of sp³-hybridized carbons (Fsp3) is 0.545. The second-order valence-electron chi connectivity index (χ2n) is 8.05. The van der Waals surface area contributed by atoms with E-state index in [1.807, 2.05) is 0 Å². The van der Waals surface area contributed by atoms with Crippen LogP contribution in [0.25, 0.3) is 10.9 Å². The maximum atomic E-state index is 12.9. The lowest BCUT2D eigenvalue weighted by Crippen LogP contribution is -2.39. The van der Waals surface area contributed by atoms with Crippen LogP contribution in [0, 0.1) is 0 Å². The highest BCUT2D eigenvalue weighted by Gasteiger charge is 2.17. The minimum absolute atomic E-state index is 0.0921. The van der Waals surface area contributed by atoms with Gasteiger partial charge in [0.15, 0.2) is 0 Å². The molecule has 2 N–H and O–H groups in total. The van der Waals surface area contributed by atoms with Gasteiger partial charge in [0.05, 0.1) is 24.1 Å². The van der Waals surface area contributed by atoms with E-state index in [1.165, 1.54) is 0 Å². The Morgan fingerprint density at radius 3 is 2.74 bits per heavy atom. The summed E-state index contributed by atoms with van der Waals surface area (Å²) in [4.78, 5) is 44.2. The molecule has 1 aromatic heterocycles. The number of anilines is 1. The molecule has 2 aliphatic rings. The van der Waals surface area contributed by atoms with Gasteiger partial charge in [0.25, 0.3) is 5.56 Å². The molecule has 9 nitrogen and oxygen atoms in total. The largest absolute Gasteiger partial charge is 0.379 e. The Balaban J connectivity index is 1.35. The van der Waals surface area contributed by atoms with Crippen LogP contribution >= 0.6 is 0 Å². The number of ether oxygens (including phenoxy) is 1. The van der Waals surface area contributed by atoms with E-state index in [-0.39, 0.29) is 5.56 Å². The van der Waals surface area contributed by atoms with Gasteiger partial charge in [-0.05, 0) is 44.0 Å². The van der Waals surface area contributed by atoms with Gasteiger partial charge >= 0.3 is 11.8 Å². The minimum atomic E-state index is -0.742. The van der Waals surface area contributed by atoms with Crippen molar-refractivity contribution >= 4 is 28.4 Å². The van der Waals surface area contributed by atoms with Crippen LogP contribution in [0.5, 0.6) is 0 Å². The molecule has 1 fully saturated rings. The molecule has 0 atom stereocenters. The summed E-state index contributed by atoms with van der Waals surface area (Å²) in [5.41, 5.74) is 0.934. The zero-order valence-corrected chi connectivity index (χ0v) is 17.7. The summed E-state index contributed by atoms with van der Waals surface area (Å²) in [6, 6.07) is 5.00. The van der Waals surface area contributed by atoms with Crippen molar-refractivity contribution in [3.05, 3.63) is 34.4 Å². The van der Waals surface area contributed by atoms with Crippen molar-refractivity contribution in [3.8, 4) is 0 Å². The molecule has 166 valence electrons. The number of benzene rings is 1. The number of hydrogen-bond donors (Lipinski definition) is 2. The molecular formula is C22H29N5O4. The molecule has 2 aromatic rings. The Kier molecular flexibility index (Phi) is 6.93. The summed E-state index contributed by atoms with van der Waals surface area (Å²) >= 11 is 0. The van der Waals surface area contributed by atoms with E-state index in [1.54, 1.807) is 22.8 Å². The molecule has 1 aromatic carbocycles. The molecule has 2 aliphatic heterocycles. The minimum Gasteiger partial charge on any atom is -0.379 e. The molecule has 9 heteroatoms. The zero-order chi connectivity index (χ0) is 21.6. The fourth-order valence-corrected chi connectivity index (χ4v) is 4.09. The van der Waals surface area contributed by atoms with Crippen LogP contribution in [0.15, 0.2) is 23.0 Å². The van der Waals surface area contributed by atoms with Gasteiger partial charge in [-0.2, -0.15) is 0 Å². The van der Waals surface area contributed by atoms with Gasteiger partial charge in [-0.3, -0.25) is 23.9 Å². The molecule has 0 spiro atoms. The Hall–Kier alpha value is -2.78. The van der Waals surface area contributed by atoms with Crippen LogP contribution in [0.2, 0.25) is 0 Å². The maximum absolute atomic E-state index is 12.9. The SMILES string of the molecule is O=C(NCCCN1CCOCC1)C(=O)Nc1ccc2nc3n(c(=O)c2c1)CCCCC3. The van der Waals surface area contributed by atoms with Crippen LogP contribution in [0.4, 0.5) is 5.69 Å². The molecule has 0 bridgehead atoms. The van der Waals surface area contributed by atoms with Crippen LogP contribution in [0.1, 0.15) is 31.5 Å². The lowest BCUT2D eigenvalue weighted by atomic mass is 10.2. The van der Waals surface area contributed by atoms with Crippen molar-refractivity contribution in [1.29, 1.82) is 0 Å². The van der Waals surface area contributed by atoms with E-state index in [0.717, 1.165) is 70.8 Å². The number of amides is 2. The summed E-state index contributed by atoms with van der Waals surface area (Å²) < 4.78 is 7.05. The molecule has 31 heavy (non-hydrogen) atoms. The number of carbonyl (C=O) groups is 2. The predicted molar refractivity (Wildman–Crippen MR) is 117 cm³/mol. The molecule has 3 heterocycles. The van der Waals surface area contributed by atoms with Gasteiger partial charge in [0.1, 0.15) is 5.82 Å². The van der Waals surface area contributed by atoms with Crippen LogP contribution in [-0.2, 0) is 27.3 Å². The summed E-state index contributed by atoms with van der Waals surface area (Å²) in [5.74, 6) is -0.601. The smallest absolute Gasteiger partial charge is 0.313 e. The van der Waals surface area contributed by atoms with Gasteiger partial charge < -0.3 is 15.4 Å². The first kappa shape index (κ1) is 21.5. The highest BCUT2D eigenvalue weighted by molar-refractivity contribution is 6.39. The third-order valence-corrected chi connectivity index (χ3v) is 5.82. The standard InChI is InChI=1S/C22H29N5O4/c28-20(23-8-4-9-26-11-13-31-14-12-26)21(29)24-16-6-7-18-17(15-16)22(30)27-10-3-1-2-5-19(27)25-18/h6-7,15H,1-5,8-14H2,(H,23,28)(H,24,29). The quantitative estimate of drug-likeness (QED) is 0.543. The number of morpholine rings is 1. The van der Waals surface area contributed by atoms with E-state index in [4.69, 9.17) is 4.74 Å². The second-order valence-corrected chi connectivity index (χ2v) is 8.05. The molecule has 1 saturated heterocycles. The summed E-state index contributed by atoms with van der Waals surface area (Å²) in [6.45, 7) is 5.23. The van der Waals surface area contributed by atoms with E-state index in [0.29, 0.717) is 29.7 Å². The van der Waals surface area contributed by atoms with E-state index < -0.39 is 11.8 Å².